The Kier molecular flexibility index (Phi) is 19.3. The van der Waals surface area contributed by atoms with Crippen LogP contribution in [0.4, 0.5) is 35.1 Å². The van der Waals surface area contributed by atoms with Gasteiger partial charge in [0.25, 0.3) is 0 Å². The van der Waals surface area contributed by atoms with Gasteiger partial charge in [0.05, 0.1) is 29.4 Å². The first-order chi connectivity index (χ1) is 33.0. The van der Waals surface area contributed by atoms with Crippen molar-refractivity contribution in [2.24, 2.45) is 0 Å². The number of hydrogen-bond acceptors (Lipinski definition) is 12. The first-order valence-corrected chi connectivity index (χ1v) is 28.9. The zero-order valence-electron chi connectivity index (χ0n) is 36.6. The molecular weight excluding hydrogens is 1180 g/mol. The average molecular weight is 1210 g/mol. The summed E-state index contributed by atoms with van der Waals surface area (Å²) in [5.41, 5.74) is -11.3. The van der Waals surface area contributed by atoms with E-state index < -0.39 is 133 Å². The maximum absolute atomic E-state index is 14.3. The molecule has 0 spiro atoms. The summed E-state index contributed by atoms with van der Waals surface area (Å²) in [5.74, 6) is -2.23. The number of sulfone groups is 4. The number of halogens is 10. The molecule has 0 aliphatic heterocycles. The zero-order chi connectivity index (χ0) is 54.2. The van der Waals surface area contributed by atoms with E-state index in [0.29, 0.717) is 0 Å². The summed E-state index contributed by atoms with van der Waals surface area (Å²) >= 11 is 11.8. The maximum atomic E-state index is 14.3. The minimum atomic E-state index is -5.79. The molecule has 6 aromatic rings. The molecule has 0 amide bonds. The van der Waals surface area contributed by atoms with E-state index in [-0.39, 0.29) is 58.9 Å². The average Bonchev–Trinajstić information content (AvgIpc) is 3.28. The Morgan fingerprint density at radius 2 is 0.685 bits per heavy atom. The minimum Gasteiger partial charge on any atom is -0.535 e. The second-order valence-corrected chi connectivity index (χ2v) is 26.3. The van der Waals surface area contributed by atoms with Crippen LogP contribution < -0.4 is 0 Å². The molecule has 0 fully saturated rings. The van der Waals surface area contributed by atoms with Gasteiger partial charge in [-0.1, -0.05) is 96.7 Å². The molecule has 31 heteroatoms. The van der Waals surface area contributed by atoms with Gasteiger partial charge in [0, 0.05) is 10.0 Å². The fraction of sp³-hybridized carbons (Fsp3) is 0.143. The van der Waals surface area contributed by atoms with Crippen molar-refractivity contribution in [3.05, 3.63) is 176 Å². The van der Waals surface area contributed by atoms with E-state index in [9.17, 15) is 85.6 Å². The topological polar surface area (TPSA) is 233 Å². The van der Waals surface area contributed by atoms with Gasteiger partial charge in [-0.15, -0.1) is 12.1 Å². The van der Waals surface area contributed by atoms with E-state index in [2.05, 4.69) is 9.44 Å². The molecule has 0 aliphatic rings. The first-order valence-electron chi connectivity index (χ1n) is 19.3. The molecule has 0 saturated carbocycles. The van der Waals surface area contributed by atoms with E-state index >= 15 is 0 Å². The molecule has 0 radical (unpaired) electrons. The SMILES string of the molecule is C[C@H]([N-]S(=O)(=O)C(F)(F)F)c1ccc(S(=O)(=O)c2ccc(Cl)cc2S(=O)(=O)c2ccccc2F)cc1.C[C@H]([N-]S(=O)(=O)C(F)(F)F)c1ccc(S(=O)(=O)c2ccc(Cl)cc2S(=O)(=O)c2ccccc2F)cc1.[Ca+2]. The van der Waals surface area contributed by atoms with Crippen molar-refractivity contribution in [2.75, 3.05) is 0 Å². The van der Waals surface area contributed by atoms with Gasteiger partial charge in [-0.25, -0.2) is 59.3 Å². The largest absolute Gasteiger partial charge is 2.00 e. The number of sulfonamides is 2. The minimum absolute atomic E-state index is 0. The third kappa shape index (κ3) is 13.6. The second kappa shape index (κ2) is 22.8. The van der Waals surface area contributed by atoms with Crippen LogP contribution in [-0.4, -0.2) is 99.3 Å². The molecule has 6 aromatic carbocycles. The van der Waals surface area contributed by atoms with Gasteiger partial charge in [-0.2, -0.15) is 26.3 Å². The van der Waals surface area contributed by atoms with Crippen molar-refractivity contribution in [2.45, 2.75) is 76.1 Å². The zero-order valence-corrected chi connectivity index (χ0v) is 45.2. The maximum Gasteiger partial charge on any atom is 2.00 e. The van der Waals surface area contributed by atoms with Crippen LogP contribution in [0.2, 0.25) is 10.0 Å². The summed E-state index contributed by atoms with van der Waals surface area (Å²) in [6.07, 6.45) is 0. The fourth-order valence-corrected chi connectivity index (χ4v) is 14.8. The van der Waals surface area contributed by atoms with Crippen LogP contribution in [0, 0.1) is 11.6 Å². The summed E-state index contributed by atoms with van der Waals surface area (Å²) in [7, 11) is -30.1. The summed E-state index contributed by atoms with van der Waals surface area (Å²) in [4.78, 5) is -5.51. The normalized spacial score (nSPS) is 13.8. The number of benzene rings is 6. The molecule has 0 aromatic heterocycles. The van der Waals surface area contributed by atoms with Crippen molar-refractivity contribution in [1.82, 2.24) is 0 Å². The van der Waals surface area contributed by atoms with Gasteiger partial charge in [0.2, 0.25) is 39.3 Å². The number of rotatable bonds is 14. The van der Waals surface area contributed by atoms with E-state index in [1.165, 1.54) is 24.3 Å². The standard InChI is InChI=1S/2C21H15ClF4NO6S3.Ca/c2*1-13(27-36(32,33)21(24,25)26)14-6-9-16(10-7-14)34(28,29)19-11-8-15(22)12-20(19)35(30,31)18-5-3-2-4-17(18)23;/h2*2-13H,1H3;/q2*-1;+2/t2*13-;/m00./s1. The summed E-state index contributed by atoms with van der Waals surface area (Å²) < 4.78 is 260. The molecule has 0 aliphatic carbocycles. The van der Waals surface area contributed by atoms with Gasteiger partial charge in [-0.05, 0) is 84.9 Å². The third-order valence-corrected chi connectivity index (χ3v) is 20.1. The monoisotopic (exact) mass is 1210 g/mol. The molecule has 6 rings (SSSR count). The van der Waals surface area contributed by atoms with Gasteiger partial charge >= 0.3 is 48.8 Å². The predicted octanol–water partition coefficient (Wildman–Crippen LogP) is 10.5. The summed E-state index contributed by atoms with van der Waals surface area (Å²) in [5, 5.41) is -0.277. The van der Waals surface area contributed by atoms with Crippen molar-refractivity contribution < 1.29 is 85.6 Å². The Labute approximate surface area is 453 Å². The van der Waals surface area contributed by atoms with Crippen LogP contribution >= 0.6 is 23.2 Å². The van der Waals surface area contributed by atoms with E-state index in [4.69, 9.17) is 23.2 Å². The molecule has 2 atom stereocenters. The Bertz CT molecular complexity index is 3500. The fourth-order valence-electron chi connectivity index (χ4n) is 6.15. The van der Waals surface area contributed by atoms with Crippen LogP contribution in [0.25, 0.3) is 9.44 Å². The van der Waals surface area contributed by atoms with Crippen LogP contribution in [0.1, 0.15) is 37.1 Å². The van der Waals surface area contributed by atoms with Crippen molar-refractivity contribution in [3.63, 3.8) is 0 Å². The molecule has 14 nitrogen and oxygen atoms in total. The summed E-state index contributed by atoms with van der Waals surface area (Å²) in [6.45, 7) is 2.12. The second-order valence-electron chi connectivity index (χ2n) is 14.6. The van der Waals surface area contributed by atoms with Gasteiger partial charge < -0.3 is 9.44 Å². The Hall–Kier alpha value is -3.78. The molecule has 73 heavy (non-hydrogen) atoms. The van der Waals surface area contributed by atoms with E-state index in [1.807, 2.05) is 0 Å². The van der Waals surface area contributed by atoms with Crippen LogP contribution in [-0.2, 0) is 59.4 Å². The molecule has 0 saturated heterocycles. The van der Waals surface area contributed by atoms with Gasteiger partial charge in [0.1, 0.15) is 21.4 Å². The quantitative estimate of drug-likeness (QED) is 0.0732. The molecule has 0 heterocycles. The number of nitrogens with zero attached hydrogens (tertiary/aromatic N) is 2. The molecule has 0 unspecified atom stereocenters. The molecular formula is C42H30CaCl2F8N2O12S6. The van der Waals surface area contributed by atoms with Gasteiger partial charge in [-0.3, -0.25) is 0 Å². The van der Waals surface area contributed by atoms with E-state index in [1.54, 1.807) is 0 Å². The van der Waals surface area contributed by atoms with Crippen LogP contribution in [0.15, 0.2) is 173 Å². The predicted molar refractivity (Wildman–Crippen MR) is 250 cm³/mol. The van der Waals surface area contributed by atoms with Crippen molar-refractivity contribution in [1.29, 1.82) is 0 Å². The third-order valence-electron chi connectivity index (χ3n) is 9.75. The van der Waals surface area contributed by atoms with E-state index in [0.717, 1.165) is 123 Å². The number of hydrogen-bond donors (Lipinski definition) is 0. The molecule has 388 valence electrons. The van der Waals surface area contributed by atoms with Crippen LogP contribution in [0.5, 0.6) is 0 Å². The molecule has 0 bridgehead atoms. The van der Waals surface area contributed by atoms with Crippen LogP contribution in [0.3, 0.4) is 0 Å². The Balaban J connectivity index is 0.000000312. The smallest absolute Gasteiger partial charge is 0.535 e. The van der Waals surface area contributed by atoms with Gasteiger partial charge in [0.15, 0.2) is 20.0 Å². The Morgan fingerprint density at radius 1 is 0.397 bits per heavy atom. The number of alkyl halides is 6. The van der Waals surface area contributed by atoms with Crippen molar-refractivity contribution >= 4 is 120 Å². The van der Waals surface area contributed by atoms with Crippen molar-refractivity contribution in [3.8, 4) is 0 Å². The first kappa shape index (κ1) is 61.8. The Morgan fingerprint density at radius 3 is 0.959 bits per heavy atom. The molecule has 0 N–H and O–H groups in total. The summed E-state index contributed by atoms with van der Waals surface area (Å²) in [6, 6.07) is 19.4.